The van der Waals surface area contributed by atoms with Gasteiger partial charge in [-0.2, -0.15) is 0 Å². The Kier molecular flexibility index (Phi) is 7.49. The SMILES string of the molecule is C=C/C(=C\C(=C/CC(=O)N1CCOCC1)N=C(N)N)N1CCOCC1. The highest BCUT2D eigenvalue weighted by molar-refractivity contribution is 5.79. The smallest absolute Gasteiger partial charge is 0.226 e. The lowest BCUT2D eigenvalue weighted by Gasteiger charge is -2.29. The summed E-state index contributed by atoms with van der Waals surface area (Å²) in [5.41, 5.74) is 12.5. The van der Waals surface area contributed by atoms with Gasteiger partial charge in [-0.05, 0) is 18.2 Å². The summed E-state index contributed by atoms with van der Waals surface area (Å²) in [4.78, 5) is 20.4. The summed E-state index contributed by atoms with van der Waals surface area (Å²) in [5.74, 6) is -0.0155. The number of ether oxygens (including phenoxy) is 2. The number of hydrogen-bond acceptors (Lipinski definition) is 5. The Balaban J connectivity index is 2.10. The molecule has 2 fully saturated rings. The second-order valence-electron chi connectivity index (χ2n) is 5.74. The number of aliphatic imine (C=N–C) groups is 1. The van der Waals surface area contributed by atoms with E-state index in [1.807, 2.05) is 6.08 Å². The van der Waals surface area contributed by atoms with Crippen LogP contribution in [0.5, 0.6) is 0 Å². The van der Waals surface area contributed by atoms with Crippen LogP contribution < -0.4 is 11.5 Å². The topological polar surface area (TPSA) is 106 Å². The van der Waals surface area contributed by atoms with Crippen molar-refractivity contribution in [3.05, 3.63) is 36.2 Å². The monoisotopic (exact) mass is 349 g/mol. The summed E-state index contributed by atoms with van der Waals surface area (Å²) in [6.07, 6.45) is 5.56. The summed E-state index contributed by atoms with van der Waals surface area (Å²) >= 11 is 0. The first-order valence-corrected chi connectivity index (χ1v) is 8.42. The molecule has 2 aliphatic rings. The first kappa shape index (κ1) is 19.0. The molecule has 2 heterocycles. The van der Waals surface area contributed by atoms with Gasteiger partial charge in [0.1, 0.15) is 0 Å². The number of nitrogens with two attached hydrogens (primary N) is 2. The van der Waals surface area contributed by atoms with E-state index in [0.717, 1.165) is 18.8 Å². The molecule has 0 atom stereocenters. The van der Waals surface area contributed by atoms with Crippen LogP contribution in [-0.2, 0) is 14.3 Å². The Hall–Kier alpha value is -2.32. The van der Waals surface area contributed by atoms with Crippen LogP contribution in [0.3, 0.4) is 0 Å². The molecule has 4 N–H and O–H groups in total. The molecule has 0 unspecified atom stereocenters. The number of carbonyl (C=O) groups excluding carboxylic acids is 1. The van der Waals surface area contributed by atoms with Crippen LogP contribution in [-0.4, -0.2) is 74.3 Å². The molecular weight excluding hydrogens is 322 g/mol. The number of amides is 1. The molecule has 0 aliphatic carbocycles. The lowest BCUT2D eigenvalue weighted by molar-refractivity contribution is -0.134. The number of nitrogens with zero attached hydrogens (tertiary/aromatic N) is 3. The standard InChI is InChI=1S/C17H27N5O3/c1-2-15(21-5-9-24-10-6-21)13-14(20-17(18)19)3-4-16(23)22-7-11-25-12-8-22/h2-3,13H,1,4-12H2,(H4,18,19,20)/b14-3+,15-13+. The van der Waals surface area contributed by atoms with Crippen LogP contribution >= 0.6 is 0 Å². The normalized spacial score (nSPS) is 19.5. The molecule has 0 spiro atoms. The molecule has 0 radical (unpaired) electrons. The molecule has 138 valence electrons. The van der Waals surface area contributed by atoms with E-state index in [2.05, 4.69) is 16.5 Å². The highest BCUT2D eigenvalue weighted by Crippen LogP contribution is 2.14. The van der Waals surface area contributed by atoms with Crippen LogP contribution in [0.1, 0.15) is 6.42 Å². The maximum Gasteiger partial charge on any atom is 0.226 e. The zero-order chi connectivity index (χ0) is 18.1. The van der Waals surface area contributed by atoms with Crippen LogP contribution in [0.4, 0.5) is 0 Å². The number of carbonyl (C=O) groups is 1. The van der Waals surface area contributed by atoms with Crippen molar-refractivity contribution in [2.24, 2.45) is 16.5 Å². The van der Waals surface area contributed by atoms with Gasteiger partial charge in [0.15, 0.2) is 5.96 Å². The van der Waals surface area contributed by atoms with Gasteiger partial charge in [-0.3, -0.25) is 4.79 Å². The predicted octanol–water partition coefficient (Wildman–Crippen LogP) is -0.205. The van der Waals surface area contributed by atoms with Gasteiger partial charge in [0.2, 0.25) is 5.91 Å². The van der Waals surface area contributed by atoms with Crippen molar-refractivity contribution < 1.29 is 14.3 Å². The number of allylic oxidation sites excluding steroid dienone is 2. The average Bonchev–Trinajstić information content (AvgIpc) is 2.64. The molecule has 25 heavy (non-hydrogen) atoms. The number of morpholine rings is 2. The van der Waals surface area contributed by atoms with E-state index in [-0.39, 0.29) is 18.3 Å². The maximum atomic E-state index is 12.3. The van der Waals surface area contributed by atoms with Gasteiger partial charge < -0.3 is 30.7 Å². The summed E-state index contributed by atoms with van der Waals surface area (Å²) in [7, 11) is 0. The fourth-order valence-electron chi connectivity index (χ4n) is 2.67. The fraction of sp³-hybridized carbons (Fsp3) is 0.529. The van der Waals surface area contributed by atoms with Crippen LogP contribution in [0.25, 0.3) is 0 Å². The van der Waals surface area contributed by atoms with Crippen molar-refractivity contribution in [2.75, 3.05) is 52.6 Å². The van der Waals surface area contributed by atoms with Gasteiger partial charge in [-0.1, -0.05) is 6.58 Å². The first-order chi connectivity index (χ1) is 12.1. The van der Waals surface area contributed by atoms with E-state index in [0.29, 0.717) is 45.2 Å². The van der Waals surface area contributed by atoms with Crippen molar-refractivity contribution in [1.82, 2.24) is 9.80 Å². The van der Waals surface area contributed by atoms with Gasteiger partial charge in [0, 0.05) is 38.3 Å². The molecule has 0 bridgehead atoms. The van der Waals surface area contributed by atoms with Crippen molar-refractivity contribution in [2.45, 2.75) is 6.42 Å². The average molecular weight is 349 g/mol. The minimum absolute atomic E-state index is 0.0338. The quantitative estimate of drug-likeness (QED) is 0.391. The number of rotatable bonds is 6. The molecule has 8 heteroatoms. The second kappa shape index (κ2) is 9.85. The summed E-state index contributed by atoms with van der Waals surface area (Å²) < 4.78 is 10.6. The fourth-order valence-corrected chi connectivity index (χ4v) is 2.67. The molecule has 2 saturated heterocycles. The Morgan fingerprint density at radius 3 is 2.12 bits per heavy atom. The van der Waals surface area contributed by atoms with Crippen LogP contribution in [0.15, 0.2) is 41.2 Å². The zero-order valence-electron chi connectivity index (χ0n) is 14.5. The molecular formula is C17H27N5O3. The van der Waals surface area contributed by atoms with Gasteiger partial charge in [0.25, 0.3) is 0 Å². The van der Waals surface area contributed by atoms with Gasteiger partial charge in [0.05, 0.1) is 32.1 Å². The van der Waals surface area contributed by atoms with E-state index < -0.39 is 0 Å². The Morgan fingerprint density at radius 1 is 1.04 bits per heavy atom. The molecule has 1 amide bonds. The van der Waals surface area contributed by atoms with Crippen molar-refractivity contribution in [3.8, 4) is 0 Å². The Bertz CT molecular complexity index is 555. The lowest BCUT2D eigenvalue weighted by atomic mass is 10.2. The van der Waals surface area contributed by atoms with Crippen molar-refractivity contribution >= 4 is 11.9 Å². The molecule has 0 aromatic rings. The third kappa shape index (κ3) is 6.24. The lowest BCUT2D eigenvalue weighted by Crippen LogP contribution is -2.40. The zero-order valence-corrected chi connectivity index (χ0v) is 14.5. The molecule has 2 rings (SSSR count). The first-order valence-electron chi connectivity index (χ1n) is 8.42. The second-order valence-corrected chi connectivity index (χ2v) is 5.74. The van der Waals surface area contributed by atoms with E-state index in [9.17, 15) is 4.79 Å². The van der Waals surface area contributed by atoms with Gasteiger partial charge in [-0.15, -0.1) is 0 Å². The molecule has 0 saturated carbocycles. The number of hydrogen-bond donors (Lipinski definition) is 2. The highest BCUT2D eigenvalue weighted by atomic mass is 16.5. The molecule has 0 aromatic carbocycles. The Morgan fingerprint density at radius 2 is 1.60 bits per heavy atom. The van der Waals surface area contributed by atoms with E-state index >= 15 is 0 Å². The predicted molar refractivity (Wildman–Crippen MR) is 96.6 cm³/mol. The molecule has 2 aliphatic heterocycles. The van der Waals surface area contributed by atoms with Crippen LogP contribution in [0.2, 0.25) is 0 Å². The number of guanidine groups is 1. The van der Waals surface area contributed by atoms with Crippen LogP contribution in [0, 0.1) is 0 Å². The minimum Gasteiger partial charge on any atom is -0.378 e. The Labute approximate surface area is 148 Å². The van der Waals surface area contributed by atoms with Crippen molar-refractivity contribution in [3.63, 3.8) is 0 Å². The summed E-state index contributed by atoms with van der Waals surface area (Å²) in [6, 6.07) is 0. The summed E-state index contributed by atoms with van der Waals surface area (Å²) in [5, 5.41) is 0. The van der Waals surface area contributed by atoms with E-state index in [1.54, 1.807) is 17.1 Å². The largest absolute Gasteiger partial charge is 0.378 e. The highest BCUT2D eigenvalue weighted by Gasteiger charge is 2.16. The summed E-state index contributed by atoms with van der Waals surface area (Å²) in [6.45, 7) is 9.14. The third-order valence-corrected chi connectivity index (χ3v) is 3.99. The van der Waals surface area contributed by atoms with Gasteiger partial charge >= 0.3 is 0 Å². The van der Waals surface area contributed by atoms with E-state index in [4.69, 9.17) is 20.9 Å². The van der Waals surface area contributed by atoms with E-state index in [1.165, 1.54) is 0 Å². The maximum absolute atomic E-state index is 12.3. The molecule has 8 nitrogen and oxygen atoms in total. The molecule has 0 aromatic heterocycles. The van der Waals surface area contributed by atoms with Gasteiger partial charge in [-0.25, -0.2) is 4.99 Å². The van der Waals surface area contributed by atoms with Crippen molar-refractivity contribution in [1.29, 1.82) is 0 Å². The third-order valence-electron chi connectivity index (χ3n) is 3.99. The minimum atomic E-state index is -0.0493.